The summed E-state index contributed by atoms with van der Waals surface area (Å²) in [5, 5.41) is 20.4. The normalized spacial score (nSPS) is 17.6. The molecule has 4 fully saturated rings. The van der Waals surface area contributed by atoms with E-state index in [4.69, 9.17) is 18.8 Å². The summed E-state index contributed by atoms with van der Waals surface area (Å²) in [6, 6.07) is 20.8. The van der Waals surface area contributed by atoms with Gasteiger partial charge in [-0.2, -0.15) is 0 Å². The van der Waals surface area contributed by atoms with Crippen LogP contribution in [0.25, 0.3) is 45.2 Å². The summed E-state index contributed by atoms with van der Waals surface area (Å²) in [5.41, 5.74) is 4.32. The van der Waals surface area contributed by atoms with Gasteiger partial charge < -0.3 is 34.8 Å². The molecule has 330 valence electrons. The highest BCUT2D eigenvalue weighted by Gasteiger charge is 2.30. The summed E-state index contributed by atoms with van der Waals surface area (Å²) in [5.74, 6) is 6.08. The quantitative estimate of drug-likeness (QED) is 0.0833. The molecule has 0 amide bonds. The van der Waals surface area contributed by atoms with Crippen molar-refractivity contribution in [1.29, 1.82) is 0 Å². The number of benzene rings is 2. The lowest BCUT2D eigenvalue weighted by atomic mass is 9.95. The highest BCUT2D eigenvalue weighted by Crippen LogP contribution is 2.40. The molecule has 13 heteroatoms. The fourth-order valence-electron chi connectivity index (χ4n) is 8.45. The fourth-order valence-corrected chi connectivity index (χ4v) is 8.45. The molecule has 4 N–H and O–H groups in total. The number of pyridine rings is 2. The first kappa shape index (κ1) is 42.8. The minimum atomic E-state index is -0.703. The molecule has 6 aromatic rings. The molecule has 2 aliphatic carbocycles. The smallest absolute Gasteiger partial charge is 0.198 e. The van der Waals surface area contributed by atoms with Crippen LogP contribution >= 0.6 is 0 Å². The van der Waals surface area contributed by atoms with E-state index in [2.05, 4.69) is 30.8 Å². The zero-order chi connectivity index (χ0) is 43.3. The first-order valence-corrected chi connectivity index (χ1v) is 22.7. The number of rotatable bonds is 14. The predicted molar refractivity (Wildman–Crippen MR) is 242 cm³/mol. The monoisotopic (exact) mass is 856 g/mol. The molecular weight excluding hydrogens is 799 g/mol. The predicted octanol–water partition coefficient (Wildman–Crippen LogP) is 10.1. The summed E-state index contributed by atoms with van der Waals surface area (Å²) < 4.78 is 39.8. The summed E-state index contributed by atoms with van der Waals surface area (Å²) >= 11 is 0. The minimum Gasteiger partial charge on any atom is -0.440 e. The Morgan fingerprint density at radius 1 is 0.635 bits per heavy atom. The van der Waals surface area contributed by atoms with E-state index in [1.807, 2.05) is 38.1 Å². The van der Waals surface area contributed by atoms with Gasteiger partial charge in [0, 0.05) is 66.1 Å². The van der Waals surface area contributed by atoms with Crippen LogP contribution in [0.3, 0.4) is 0 Å². The summed E-state index contributed by atoms with van der Waals surface area (Å²) in [6.45, 7) is 9.96. The third kappa shape index (κ3) is 11.4. The summed E-state index contributed by atoms with van der Waals surface area (Å²) in [4.78, 5) is 21.0. The molecule has 2 aromatic carbocycles. The van der Waals surface area contributed by atoms with Gasteiger partial charge >= 0.3 is 0 Å². The maximum atomic E-state index is 13.6. The van der Waals surface area contributed by atoms with E-state index < -0.39 is 5.60 Å². The lowest BCUT2D eigenvalue weighted by molar-refractivity contribution is 0.0273. The lowest BCUT2D eigenvalue weighted by Crippen LogP contribution is -2.42. The van der Waals surface area contributed by atoms with Gasteiger partial charge in [0.2, 0.25) is 0 Å². The number of hydrogen-bond acceptors (Lipinski definition) is 11. The van der Waals surface area contributed by atoms with Crippen molar-refractivity contribution in [3.05, 3.63) is 109 Å². The van der Waals surface area contributed by atoms with E-state index in [0.717, 1.165) is 140 Å². The van der Waals surface area contributed by atoms with E-state index >= 15 is 0 Å². The van der Waals surface area contributed by atoms with Crippen LogP contribution < -0.4 is 16.0 Å². The van der Waals surface area contributed by atoms with Crippen LogP contribution in [0.4, 0.5) is 20.4 Å². The number of oxazole rings is 2. The van der Waals surface area contributed by atoms with E-state index in [1.54, 1.807) is 36.7 Å². The molecule has 10 rings (SSSR count). The Kier molecular flexibility index (Phi) is 13.0. The highest BCUT2D eigenvalue weighted by molar-refractivity contribution is 5.79. The van der Waals surface area contributed by atoms with Gasteiger partial charge in [0.05, 0.1) is 5.60 Å². The third-order valence-electron chi connectivity index (χ3n) is 12.3. The third-order valence-corrected chi connectivity index (χ3v) is 12.3. The molecule has 4 aromatic heterocycles. The number of likely N-dealkylation sites (tertiary alicyclic amines) is 1. The molecule has 63 heavy (non-hydrogen) atoms. The molecule has 0 bridgehead atoms. The van der Waals surface area contributed by atoms with Crippen molar-refractivity contribution in [2.75, 3.05) is 56.4 Å². The average Bonchev–Trinajstić information content (AvgIpc) is 4.22. The Balaban J connectivity index is 0.000000162. The van der Waals surface area contributed by atoms with E-state index in [-0.39, 0.29) is 17.6 Å². The van der Waals surface area contributed by atoms with Gasteiger partial charge in [-0.05, 0) is 176 Å². The molecular formula is C50H58F2N8O3. The number of anilines is 2. The minimum absolute atomic E-state index is 0.209. The maximum absolute atomic E-state index is 13.6. The molecule has 4 aliphatic rings. The molecule has 0 radical (unpaired) electrons. The van der Waals surface area contributed by atoms with Crippen LogP contribution in [-0.4, -0.2) is 81.4 Å². The van der Waals surface area contributed by atoms with E-state index in [1.165, 1.54) is 49.9 Å². The number of nitrogens with zero attached hydrogens (tertiary/aromatic N) is 5. The Bertz CT molecular complexity index is 2430. The topological polar surface area (TPSA) is 137 Å². The Morgan fingerprint density at radius 3 is 1.51 bits per heavy atom. The molecule has 2 aliphatic heterocycles. The zero-order valence-electron chi connectivity index (χ0n) is 36.3. The second-order valence-corrected chi connectivity index (χ2v) is 18.4. The molecule has 0 unspecified atom stereocenters. The number of aromatic nitrogens is 4. The second-order valence-electron chi connectivity index (χ2n) is 18.4. The largest absolute Gasteiger partial charge is 0.440 e. The standard InChI is InChI=1S/C27H33FN4O2.C23H25FN4O/c1-27(2,33)17-32-13-10-20(11-14-32)26-31-24(19-5-7-22(28)8-6-19)25(34-26)21-9-12-29-23(15-21)30-16-18-3-4-18;24-19-5-3-16(4-6-19)21-22(29-23(28-21)17-7-10-25-11-8-17)18-9-12-26-20(13-18)27-14-15-1-2-15/h5-9,12,15,18,20,33H,3-4,10-11,13-14,16-17H2,1-2H3,(H,29,30);3-6,9,12-13,15,17,25H,1-2,7-8,10-11,14H2,(H,26,27). The maximum Gasteiger partial charge on any atom is 0.198 e. The SMILES string of the molecule is CC(C)(O)CN1CCC(c2nc(-c3ccc(F)cc3)c(-c3ccnc(NCC4CC4)c3)o2)CC1.Fc1ccc(-c2nc(C3CCNCC3)oc2-c2ccnc(NCC3CC3)c2)cc1. The zero-order valence-corrected chi connectivity index (χ0v) is 36.3. The highest BCUT2D eigenvalue weighted by atomic mass is 19.1. The first-order chi connectivity index (χ1) is 30.6. The van der Waals surface area contributed by atoms with Crippen molar-refractivity contribution in [2.24, 2.45) is 11.8 Å². The Labute approximate surface area is 368 Å². The van der Waals surface area contributed by atoms with Crippen molar-refractivity contribution in [2.45, 2.75) is 82.7 Å². The number of piperidine rings is 2. The number of β-amino-alcohol motifs (C(OH)–C–C–N with tert-alkyl or cyclic N) is 1. The Hall–Kier alpha value is -5.50. The van der Waals surface area contributed by atoms with Crippen LogP contribution in [0.5, 0.6) is 0 Å². The average molecular weight is 857 g/mol. The van der Waals surface area contributed by atoms with Crippen molar-refractivity contribution < 1.29 is 22.7 Å². The van der Waals surface area contributed by atoms with E-state index in [9.17, 15) is 13.9 Å². The van der Waals surface area contributed by atoms with E-state index in [0.29, 0.717) is 18.2 Å². The van der Waals surface area contributed by atoms with Crippen LogP contribution in [0.2, 0.25) is 0 Å². The van der Waals surface area contributed by atoms with Gasteiger partial charge in [-0.3, -0.25) is 0 Å². The molecule has 2 saturated heterocycles. The number of aliphatic hydroxyl groups is 1. The van der Waals surface area contributed by atoms with Gasteiger partial charge in [-0.25, -0.2) is 28.7 Å². The number of halogens is 2. The van der Waals surface area contributed by atoms with Crippen LogP contribution in [0.1, 0.15) is 88.8 Å². The molecule has 2 saturated carbocycles. The molecule has 0 spiro atoms. The Morgan fingerprint density at radius 2 is 1.08 bits per heavy atom. The van der Waals surface area contributed by atoms with Gasteiger partial charge in [0.25, 0.3) is 0 Å². The van der Waals surface area contributed by atoms with Gasteiger partial charge in [-0.1, -0.05) is 0 Å². The van der Waals surface area contributed by atoms with Crippen LogP contribution in [-0.2, 0) is 0 Å². The van der Waals surface area contributed by atoms with Crippen LogP contribution in [0, 0.1) is 23.5 Å². The van der Waals surface area contributed by atoms with Crippen molar-refractivity contribution in [3.63, 3.8) is 0 Å². The van der Waals surface area contributed by atoms with Crippen molar-refractivity contribution in [3.8, 4) is 45.2 Å². The molecule has 0 atom stereocenters. The van der Waals surface area contributed by atoms with Crippen molar-refractivity contribution in [1.82, 2.24) is 30.2 Å². The fraction of sp³-hybridized carbons (Fsp3) is 0.440. The van der Waals surface area contributed by atoms with Gasteiger partial charge in [0.15, 0.2) is 23.3 Å². The van der Waals surface area contributed by atoms with Crippen LogP contribution in [0.15, 0.2) is 94.0 Å². The number of hydrogen-bond donors (Lipinski definition) is 4. The molecule has 11 nitrogen and oxygen atoms in total. The first-order valence-electron chi connectivity index (χ1n) is 22.7. The summed E-state index contributed by atoms with van der Waals surface area (Å²) in [6.07, 6.45) is 12.6. The van der Waals surface area contributed by atoms with Gasteiger partial charge in [-0.15, -0.1) is 0 Å². The van der Waals surface area contributed by atoms with Crippen molar-refractivity contribution >= 4 is 11.6 Å². The summed E-state index contributed by atoms with van der Waals surface area (Å²) in [7, 11) is 0. The lowest BCUT2D eigenvalue weighted by Gasteiger charge is -2.34. The molecule has 6 heterocycles. The number of nitrogens with one attached hydrogen (secondary N) is 3. The second kappa shape index (κ2) is 19.1. The van der Waals surface area contributed by atoms with Gasteiger partial charge in [0.1, 0.15) is 34.7 Å².